The summed E-state index contributed by atoms with van der Waals surface area (Å²) < 4.78 is 4.73. The number of carbonyl (C=O) groups is 2. The predicted octanol–water partition coefficient (Wildman–Crippen LogP) is 1.49. The molecule has 1 saturated heterocycles. The van der Waals surface area contributed by atoms with Gasteiger partial charge in [-0.3, -0.25) is 9.59 Å². The first-order chi connectivity index (χ1) is 6.27. The Hall–Kier alpha value is -1.16. The molecule has 4 heteroatoms. The van der Waals surface area contributed by atoms with E-state index in [4.69, 9.17) is 4.74 Å². The molecule has 68 valence electrons. The van der Waals surface area contributed by atoms with Crippen molar-refractivity contribution in [2.24, 2.45) is 5.92 Å². The lowest BCUT2D eigenvalue weighted by atomic mass is 10.0. The molecule has 1 aromatic heterocycles. The minimum atomic E-state index is -0.269. The molecule has 0 radical (unpaired) electrons. The van der Waals surface area contributed by atoms with Gasteiger partial charge in [-0.05, 0) is 11.4 Å². The van der Waals surface area contributed by atoms with Gasteiger partial charge in [0, 0.05) is 0 Å². The molecule has 13 heavy (non-hydrogen) atoms. The Morgan fingerprint density at radius 1 is 1.62 bits per heavy atom. The zero-order valence-corrected chi connectivity index (χ0v) is 7.67. The molecular weight excluding hydrogens is 188 g/mol. The predicted molar refractivity (Wildman–Crippen MR) is 47.7 cm³/mol. The Balaban J connectivity index is 2.10. The molecule has 0 saturated carbocycles. The maximum absolute atomic E-state index is 11.6. The molecule has 0 amide bonds. The summed E-state index contributed by atoms with van der Waals surface area (Å²) in [6.07, 6.45) is 0.233. The minimum absolute atomic E-state index is 0.0286. The molecule has 1 atom stereocenters. The first-order valence-electron chi connectivity index (χ1n) is 4.00. The maximum Gasteiger partial charge on any atom is 0.306 e. The summed E-state index contributed by atoms with van der Waals surface area (Å²) in [5.41, 5.74) is 0. The number of thiophene rings is 1. The van der Waals surface area contributed by atoms with Gasteiger partial charge in [0.1, 0.15) is 6.61 Å². The van der Waals surface area contributed by atoms with Crippen LogP contribution < -0.4 is 0 Å². The molecule has 0 aliphatic carbocycles. The molecule has 2 heterocycles. The maximum atomic E-state index is 11.6. The van der Waals surface area contributed by atoms with Gasteiger partial charge in [0.2, 0.25) is 0 Å². The van der Waals surface area contributed by atoms with Crippen LogP contribution in [0.25, 0.3) is 0 Å². The van der Waals surface area contributed by atoms with E-state index in [1.165, 1.54) is 11.3 Å². The Morgan fingerprint density at radius 2 is 2.46 bits per heavy atom. The third-order valence-electron chi connectivity index (χ3n) is 1.99. The fourth-order valence-electron chi connectivity index (χ4n) is 1.30. The Morgan fingerprint density at radius 3 is 3.00 bits per heavy atom. The van der Waals surface area contributed by atoms with Gasteiger partial charge < -0.3 is 4.74 Å². The molecule has 1 unspecified atom stereocenters. The minimum Gasteiger partial charge on any atom is -0.465 e. The van der Waals surface area contributed by atoms with E-state index in [0.29, 0.717) is 4.88 Å². The number of ether oxygens (including phenoxy) is 1. The van der Waals surface area contributed by atoms with Crippen LogP contribution in [0.15, 0.2) is 17.5 Å². The van der Waals surface area contributed by atoms with Gasteiger partial charge in [-0.25, -0.2) is 0 Å². The third-order valence-corrected chi connectivity index (χ3v) is 2.88. The van der Waals surface area contributed by atoms with E-state index in [-0.39, 0.29) is 30.7 Å². The van der Waals surface area contributed by atoms with Gasteiger partial charge in [-0.15, -0.1) is 11.3 Å². The smallest absolute Gasteiger partial charge is 0.306 e. The molecule has 0 spiro atoms. The zero-order valence-electron chi connectivity index (χ0n) is 6.86. The van der Waals surface area contributed by atoms with Crippen molar-refractivity contribution in [2.75, 3.05) is 6.61 Å². The Bertz CT molecular complexity index is 329. The molecule has 0 aromatic carbocycles. The van der Waals surface area contributed by atoms with Crippen LogP contribution in [0.4, 0.5) is 0 Å². The summed E-state index contributed by atoms with van der Waals surface area (Å²) >= 11 is 1.40. The second kappa shape index (κ2) is 3.30. The SMILES string of the molecule is O=C1CC(C(=O)c2cccs2)CO1. The molecule has 0 bridgehead atoms. The Labute approximate surface area is 79.3 Å². The van der Waals surface area contributed by atoms with Crippen molar-refractivity contribution in [1.82, 2.24) is 0 Å². The van der Waals surface area contributed by atoms with Crippen LogP contribution in [0.5, 0.6) is 0 Å². The van der Waals surface area contributed by atoms with E-state index in [9.17, 15) is 9.59 Å². The average Bonchev–Trinajstić information content (AvgIpc) is 2.72. The highest BCUT2D eigenvalue weighted by molar-refractivity contribution is 7.12. The highest BCUT2D eigenvalue weighted by atomic mass is 32.1. The van der Waals surface area contributed by atoms with Gasteiger partial charge in [-0.1, -0.05) is 6.07 Å². The lowest BCUT2D eigenvalue weighted by molar-refractivity contribution is -0.137. The van der Waals surface area contributed by atoms with Crippen molar-refractivity contribution in [3.63, 3.8) is 0 Å². The molecule has 2 rings (SSSR count). The number of Topliss-reactive ketones (excluding diaryl/α,β-unsaturated/α-hetero) is 1. The number of esters is 1. The number of cyclic esters (lactones) is 1. The standard InChI is InChI=1S/C9H8O3S/c10-8-4-6(5-12-8)9(11)7-2-1-3-13-7/h1-3,6H,4-5H2. The number of ketones is 1. The summed E-state index contributed by atoms with van der Waals surface area (Å²) in [5, 5.41) is 1.85. The second-order valence-corrected chi connectivity index (χ2v) is 3.87. The van der Waals surface area contributed by atoms with Crippen LogP contribution >= 0.6 is 11.3 Å². The molecule has 1 aromatic rings. The van der Waals surface area contributed by atoms with Crippen LogP contribution in [0, 0.1) is 5.92 Å². The number of carbonyl (C=O) groups excluding carboxylic acids is 2. The van der Waals surface area contributed by atoms with Crippen molar-refractivity contribution < 1.29 is 14.3 Å². The highest BCUT2D eigenvalue weighted by Gasteiger charge is 2.30. The third kappa shape index (κ3) is 1.62. The highest BCUT2D eigenvalue weighted by Crippen LogP contribution is 2.21. The first kappa shape index (κ1) is 8.44. The van der Waals surface area contributed by atoms with Crippen molar-refractivity contribution >= 4 is 23.1 Å². The summed E-state index contributed by atoms with van der Waals surface area (Å²) in [6, 6.07) is 3.60. The fraction of sp³-hybridized carbons (Fsp3) is 0.333. The number of hydrogen-bond acceptors (Lipinski definition) is 4. The molecule has 1 fully saturated rings. The molecule has 0 N–H and O–H groups in total. The van der Waals surface area contributed by atoms with E-state index < -0.39 is 0 Å². The molecule has 1 aliphatic heterocycles. The van der Waals surface area contributed by atoms with Crippen molar-refractivity contribution in [3.8, 4) is 0 Å². The van der Waals surface area contributed by atoms with Crippen molar-refractivity contribution in [3.05, 3.63) is 22.4 Å². The van der Waals surface area contributed by atoms with E-state index in [1.54, 1.807) is 6.07 Å². The average molecular weight is 196 g/mol. The van der Waals surface area contributed by atoms with Gasteiger partial charge >= 0.3 is 5.97 Å². The number of hydrogen-bond donors (Lipinski definition) is 0. The molecule has 3 nitrogen and oxygen atoms in total. The monoisotopic (exact) mass is 196 g/mol. The normalized spacial score (nSPS) is 21.5. The van der Waals surface area contributed by atoms with Gasteiger partial charge in [0.05, 0.1) is 17.2 Å². The lowest BCUT2D eigenvalue weighted by Crippen LogP contribution is -2.13. The fourth-order valence-corrected chi connectivity index (χ4v) is 2.04. The summed E-state index contributed by atoms with van der Waals surface area (Å²) in [6.45, 7) is 0.246. The van der Waals surface area contributed by atoms with Crippen molar-refractivity contribution in [1.29, 1.82) is 0 Å². The molecule has 1 aliphatic rings. The van der Waals surface area contributed by atoms with Crippen LogP contribution in [0.2, 0.25) is 0 Å². The second-order valence-electron chi connectivity index (χ2n) is 2.93. The topological polar surface area (TPSA) is 43.4 Å². The van der Waals surface area contributed by atoms with Gasteiger partial charge in [0.25, 0.3) is 0 Å². The van der Waals surface area contributed by atoms with Gasteiger partial charge in [0.15, 0.2) is 5.78 Å². The van der Waals surface area contributed by atoms with E-state index in [1.807, 2.05) is 11.4 Å². The van der Waals surface area contributed by atoms with Crippen LogP contribution in [0.3, 0.4) is 0 Å². The van der Waals surface area contributed by atoms with E-state index in [0.717, 1.165) is 0 Å². The van der Waals surface area contributed by atoms with Gasteiger partial charge in [-0.2, -0.15) is 0 Å². The summed E-state index contributed by atoms with van der Waals surface area (Å²) in [4.78, 5) is 23.1. The largest absolute Gasteiger partial charge is 0.465 e. The lowest BCUT2D eigenvalue weighted by Gasteiger charge is -2.00. The summed E-state index contributed by atoms with van der Waals surface area (Å²) in [5.74, 6) is -0.498. The quantitative estimate of drug-likeness (QED) is 0.531. The first-order valence-corrected chi connectivity index (χ1v) is 4.88. The van der Waals surface area contributed by atoms with E-state index in [2.05, 4.69) is 0 Å². The van der Waals surface area contributed by atoms with Crippen LogP contribution in [-0.4, -0.2) is 18.4 Å². The summed E-state index contributed by atoms with van der Waals surface area (Å²) in [7, 11) is 0. The zero-order chi connectivity index (χ0) is 9.26. The van der Waals surface area contributed by atoms with E-state index >= 15 is 0 Å². The van der Waals surface area contributed by atoms with Crippen LogP contribution in [-0.2, 0) is 9.53 Å². The van der Waals surface area contributed by atoms with Crippen molar-refractivity contribution in [2.45, 2.75) is 6.42 Å². The number of rotatable bonds is 2. The van der Waals surface area contributed by atoms with Crippen LogP contribution in [0.1, 0.15) is 16.1 Å². The molecular formula is C9H8O3S. The Kier molecular flexibility index (Phi) is 2.14.